The van der Waals surface area contributed by atoms with Crippen molar-refractivity contribution in [1.29, 1.82) is 0 Å². The lowest BCUT2D eigenvalue weighted by atomic mass is 9.75. The van der Waals surface area contributed by atoms with Gasteiger partial charge in [-0.1, -0.05) is 89.7 Å². The van der Waals surface area contributed by atoms with Crippen LogP contribution in [0.5, 0.6) is 0 Å². The SMILES string of the molecule is C=C(N1CCN(C)CC1)C(C)(C)C.CC(C)(C)CN1CCOCC1.CN(C)C1CCN(C(C)(C)C)C1.CN(C)C1CCN(C(C)(C)C)CC1.CN1CCC(C(C)(C)C)C1.CN1CCC(C(C)(C)C)CC1.CN1CCC(N(C)C(C)(C)C)C1.CN1CCC(OC(C)(C)C)CC1.CN1CCN(C(C)(C)C)CC1. The Morgan fingerprint density at radius 2 is 0.714 bits per heavy atom. The maximum absolute atomic E-state index is 5.90. The summed E-state index contributed by atoms with van der Waals surface area (Å²) in [4.78, 5) is 34.2. The van der Waals surface area contributed by atoms with Crippen molar-refractivity contribution in [1.82, 2.24) is 68.6 Å². The van der Waals surface area contributed by atoms with E-state index in [0.717, 1.165) is 82.4 Å². The summed E-state index contributed by atoms with van der Waals surface area (Å²) in [5.41, 5.74) is 4.39. The monoisotopic (exact) mass is 1490 g/mol. The predicted octanol–water partition coefficient (Wildman–Crippen LogP) is 15.1. The number of hydrogen-bond acceptors (Lipinski definition) is 16. The van der Waals surface area contributed by atoms with Crippen LogP contribution in [-0.4, -0.2) is 362 Å². The number of hydrogen-bond donors (Lipinski definition) is 0. The predicted molar refractivity (Wildman–Crippen MR) is 464 cm³/mol. The first kappa shape index (κ1) is 102. The quantitative estimate of drug-likeness (QED) is 0.253. The van der Waals surface area contributed by atoms with Crippen molar-refractivity contribution >= 4 is 0 Å². The van der Waals surface area contributed by atoms with Gasteiger partial charge in [-0.3, -0.25) is 24.5 Å². The molecule has 16 heteroatoms. The molecule has 0 aromatic heterocycles. The standard InChI is InChI=1S/C11H24N2.C11H22N2.2C10H22N2.C10H21NO.C10H21N.C9H20N2.C9H19NO.C9H19N/c1-11(2,3)13-8-6-10(7-9-13)12(4)5;1-10(11(2,3)4)13-8-6-12(5)7-9-13;1-10(2,3)12(5)9-6-7-11(4)8-9;1-10(2,3)12-7-6-9(8-12)11(4)5;1-10(2,3)12-9-5-7-11(4)8-6-9;1-10(2,3)9-5-7-11(4)8-6-9;1-9(2,3)11-7-5-10(4)6-8-11;1-9(2,3)8-10-4-6-11-7-5-10;1-9(2,3)8-5-6-10(4)7-8/h10H,6-9H2,1-5H3;1,6-9H2,2-5H3;2*9H,6-8H2,1-5H3;9H,5-8H2,1-4H3;9H,5-8H2,1-4H3;5-8H2,1-4H3;4-8H2,1-3H3;8H,5-7H2,1-4H3. The molecule has 0 amide bonds. The fourth-order valence-corrected chi connectivity index (χ4v) is 15.2. The molecule has 9 aliphatic rings. The van der Waals surface area contributed by atoms with Gasteiger partial charge in [0.25, 0.3) is 0 Å². The number of likely N-dealkylation sites (N-methyl/N-ethyl adjacent to an activating group) is 5. The average Bonchev–Trinajstić information content (AvgIpc) is 1.83. The second kappa shape index (κ2) is 46.3. The zero-order valence-electron chi connectivity index (χ0n) is 78.3. The van der Waals surface area contributed by atoms with Gasteiger partial charge in [0, 0.05) is 176 Å². The Morgan fingerprint density at radius 1 is 0.362 bits per heavy atom. The van der Waals surface area contributed by atoms with Crippen molar-refractivity contribution in [2.75, 3.05) is 241 Å². The molecule has 0 spiro atoms. The van der Waals surface area contributed by atoms with E-state index in [4.69, 9.17) is 9.47 Å². The lowest BCUT2D eigenvalue weighted by Gasteiger charge is -2.42. The molecule has 0 bridgehead atoms. The molecule has 0 aromatic carbocycles. The summed E-state index contributed by atoms with van der Waals surface area (Å²) in [6, 6.07) is 2.33. The molecule has 9 rings (SSSR count). The maximum atomic E-state index is 5.90. The Kier molecular flexibility index (Phi) is 45.0. The molecule has 0 aliphatic carbocycles. The first-order chi connectivity index (χ1) is 47.7. The number of rotatable bonds is 6. The zero-order chi connectivity index (χ0) is 81.1. The molecule has 9 saturated heterocycles. The van der Waals surface area contributed by atoms with Gasteiger partial charge in [-0.25, -0.2) is 0 Å². The van der Waals surface area contributed by atoms with Crippen LogP contribution in [0, 0.1) is 33.5 Å². The summed E-state index contributed by atoms with van der Waals surface area (Å²) >= 11 is 0. The van der Waals surface area contributed by atoms with E-state index in [1.54, 1.807) is 0 Å². The van der Waals surface area contributed by atoms with Gasteiger partial charge in [-0.15, -0.1) is 0 Å². The Morgan fingerprint density at radius 3 is 1.04 bits per heavy atom. The topological polar surface area (TPSA) is 63.8 Å². The van der Waals surface area contributed by atoms with Crippen LogP contribution in [0.15, 0.2) is 12.3 Å². The number of morpholine rings is 1. The summed E-state index contributed by atoms with van der Waals surface area (Å²) in [5, 5.41) is 0. The van der Waals surface area contributed by atoms with Crippen molar-refractivity contribution in [3.05, 3.63) is 12.3 Å². The van der Waals surface area contributed by atoms with E-state index in [-0.39, 0.29) is 11.0 Å². The van der Waals surface area contributed by atoms with Gasteiger partial charge in [0.2, 0.25) is 0 Å². The van der Waals surface area contributed by atoms with Crippen LogP contribution in [0.3, 0.4) is 0 Å². The number of piperidine rings is 3. The second-order valence-corrected chi connectivity index (χ2v) is 43.5. The van der Waals surface area contributed by atoms with E-state index in [2.05, 4.69) is 340 Å². The van der Waals surface area contributed by atoms with Gasteiger partial charge in [-0.2, -0.15) is 0 Å². The van der Waals surface area contributed by atoms with Crippen LogP contribution < -0.4 is 0 Å². The number of ether oxygens (including phenoxy) is 2. The highest BCUT2D eigenvalue weighted by atomic mass is 16.5. The van der Waals surface area contributed by atoms with Crippen molar-refractivity contribution < 1.29 is 9.47 Å². The molecule has 0 saturated carbocycles. The largest absolute Gasteiger partial charge is 0.379 e. The van der Waals surface area contributed by atoms with Crippen molar-refractivity contribution in [3.8, 4) is 0 Å². The lowest BCUT2D eigenvalue weighted by Crippen LogP contribution is -2.52. The molecule has 9 aliphatic heterocycles. The molecule has 628 valence electrons. The molecule has 0 N–H and O–H groups in total. The normalized spacial score (nSPS) is 24.3. The van der Waals surface area contributed by atoms with Crippen LogP contribution in [-0.2, 0) is 9.47 Å². The highest BCUT2D eigenvalue weighted by molar-refractivity contribution is 5.05. The van der Waals surface area contributed by atoms with Crippen LogP contribution in [0.1, 0.15) is 245 Å². The first-order valence-electron chi connectivity index (χ1n) is 42.5. The minimum Gasteiger partial charge on any atom is -0.379 e. The summed E-state index contributed by atoms with van der Waals surface area (Å²) in [7, 11) is 24.2. The smallest absolute Gasteiger partial charge is 0.0606 e. The number of nitrogens with zero attached hydrogens (tertiary/aromatic N) is 14. The minimum atomic E-state index is 0.0284. The highest BCUT2D eigenvalue weighted by Gasteiger charge is 2.35. The molecular weight excluding hydrogens is 1300 g/mol. The molecule has 105 heavy (non-hydrogen) atoms. The minimum absolute atomic E-state index is 0.0284. The van der Waals surface area contributed by atoms with E-state index in [0.29, 0.717) is 44.5 Å². The molecule has 16 nitrogen and oxygen atoms in total. The van der Waals surface area contributed by atoms with Crippen molar-refractivity contribution in [2.24, 2.45) is 33.5 Å². The fraction of sp³-hybridized carbons (Fsp3) is 0.978. The van der Waals surface area contributed by atoms with E-state index in [1.165, 1.54) is 175 Å². The molecule has 3 atom stereocenters. The fourth-order valence-electron chi connectivity index (χ4n) is 15.2. The Labute approximate surface area is 658 Å². The van der Waals surface area contributed by atoms with Gasteiger partial charge in [0.1, 0.15) is 0 Å². The third-order valence-corrected chi connectivity index (χ3v) is 23.7. The van der Waals surface area contributed by atoms with Crippen molar-refractivity contribution in [3.63, 3.8) is 0 Å². The van der Waals surface area contributed by atoms with Gasteiger partial charge in [-0.05, 0) is 293 Å². The van der Waals surface area contributed by atoms with E-state index in [1.807, 2.05) is 0 Å². The van der Waals surface area contributed by atoms with Gasteiger partial charge in [0.15, 0.2) is 0 Å². The Balaban J connectivity index is 0.000000591. The molecule has 9 heterocycles. The van der Waals surface area contributed by atoms with Gasteiger partial charge in [0.05, 0.1) is 24.9 Å². The summed E-state index contributed by atoms with van der Waals surface area (Å²) in [6.45, 7) is 95.5. The third-order valence-electron chi connectivity index (χ3n) is 23.7. The Bertz CT molecular complexity index is 2170. The number of piperazine rings is 2. The van der Waals surface area contributed by atoms with Crippen molar-refractivity contribution in [2.45, 2.75) is 297 Å². The first-order valence-corrected chi connectivity index (χ1v) is 42.5. The highest BCUT2D eigenvalue weighted by Crippen LogP contribution is 2.35. The summed E-state index contributed by atoms with van der Waals surface area (Å²) in [6.07, 6.45) is 12.3. The zero-order valence-corrected chi connectivity index (χ0v) is 78.3. The molecule has 9 fully saturated rings. The van der Waals surface area contributed by atoms with Crippen LogP contribution in [0.25, 0.3) is 0 Å². The van der Waals surface area contributed by atoms with E-state index in [9.17, 15) is 0 Å². The molecule has 0 aromatic rings. The number of allylic oxidation sites excluding steroid dienone is 1. The third kappa shape index (κ3) is 45.4. The molecular formula is C89H190N14O2. The molecule has 0 radical (unpaired) electrons. The second-order valence-electron chi connectivity index (χ2n) is 43.5. The lowest BCUT2D eigenvalue weighted by molar-refractivity contribution is -0.0800. The summed E-state index contributed by atoms with van der Waals surface area (Å²) < 4.78 is 11.2. The van der Waals surface area contributed by atoms with Crippen LogP contribution in [0.2, 0.25) is 0 Å². The van der Waals surface area contributed by atoms with Crippen LogP contribution >= 0.6 is 0 Å². The van der Waals surface area contributed by atoms with E-state index >= 15 is 0 Å². The Hall–Kier alpha value is -1.06. The summed E-state index contributed by atoms with van der Waals surface area (Å²) in [5.74, 6) is 1.86. The average molecular weight is 1490 g/mol. The maximum Gasteiger partial charge on any atom is 0.0606 e. The number of likely N-dealkylation sites (tertiary alicyclic amines) is 6. The van der Waals surface area contributed by atoms with E-state index < -0.39 is 0 Å². The molecule has 3 unspecified atom stereocenters. The van der Waals surface area contributed by atoms with Gasteiger partial charge >= 0.3 is 0 Å². The van der Waals surface area contributed by atoms with Gasteiger partial charge < -0.3 is 53.6 Å². The van der Waals surface area contributed by atoms with Crippen LogP contribution in [0.4, 0.5) is 0 Å².